The van der Waals surface area contributed by atoms with Crippen molar-refractivity contribution in [3.05, 3.63) is 67.9 Å². The number of benzene rings is 2. The molecular weight excluding hydrogens is 354 g/mol. The molecule has 2 aromatic carbocycles. The fourth-order valence-corrected chi connectivity index (χ4v) is 2.34. The Morgan fingerprint density at radius 1 is 1.11 bits per heavy atom. The van der Waals surface area contributed by atoms with Gasteiger partial charge in [-0.2, -0.15) is 0 Å². The van der Waals surface area contributed by atoms with Crippen LogP contribution >= 0.6 is 39.1 Å². The van der Waals surface area contributed by atoms with Crippen molar-refractivity contribution < 1.29 is 9.18 Å². The van der Waals surface area contributed by atoms with E-state index >= 15 is 0 Å². The zero-order valence-electron chi connectivity index (χ0n) is 9.59. The number of hydrogen-bond donors (Lipinski definition) is 0. The van der Waals surface area contributed by atoms with E-state index in [-0.39, 0.29) is 17.2 Å². The Hall–Kier alpha value is -0.900. The van der Waals surface area contributed by atoms with Crippen molar-refractivity contribution in [2.45, 2.75) is 6.42 Å². The van der Waals surface area contributed by atoms with Gasteiger partial charge >= 0.3 is 0 Å². The first-order chi connectivity index (χ1) is 8.97. The van der Waals surface area contributed by atoms with Gasteiger partial charge in [0.1, 0.15) is 5.82 Å². The summed E-state index contributed by atoms with van der Waals surface area (Å²) in [6.45, 7) is 0. The Morgan fingerprint density at radius 3 is 2.47 bits per heavy atom. The average Bonchev–Trinajstić information content (AvgIpc) is 2.36. The fourth-order valence-electron chi connectivity index (χ4n) is 1.61. The molecule has 0 heterocycles. The molecule has 2 aromatic rings. The number of hydrogen-bond acceptors (Lipinski definition) is 1. The number of Topliss-reactive ketones (excluding diaryl/α,β-unsaturated/α-hetero) is 1. The third-order valence-corrected chi connectivity index (χ3v) is 4.17. The lowest BCUT2D eigenvalue weighted by molar-refractivity contribution is 0.0993. The highest BCUT2D eigenvalue weighted by molar-refractivity contribution is 9.10. The van der Waals surface area contributed by atoms with Gasteiger partial charge in [0.25, 0.3) is 0 Å². The van der Waals surface area contributed by atoms with Gasteiger partial charge in [-0.3, -0.25) is 4.79 Å². The fraction of sp³-hybridized carbons (Fsp3) is 0.0714. The van der Waals surface area contributed by atoms with Gasteiger partial charge in [0, 0.05) is 21.5 Å². The SMILES string of the molecule is O=C(Cc1ccc(F)cc1Cl)c1ccc(Cl)c(Br)c1. The van der Waals surface area contributed by atoms with Gasteiger partial charge in [-0.25, -0.2) is 4.39 Å². The van der Waals surface area contributed by atoms with Crippen molar-refractivity contribution in [2.75, 3.05) is 0 Å². The first-order valence-electron chi connectivity index (χ1n) is 5.39. The minimum atomic E-state index is -0.421. The van der Waals surface area contributed by atoms with E-state index in [1.54, 1.807) is 18.2 Å². The van der Waals surface area contributed by atoms with Crippen LogP contribution in [0, 0.1) is 5.82 Å². The largest absolute Gasteiger partial charge is 0.294 e. The normalized spacial score (nSPS) is 10.5. The summed E-state index contributed by atoms with van der Waals surface area (Å²) < 4.78 is 13.6. The van der Waals surface area contributed by atoms with Crippen LogP contribution in [0.5, 0.6) is 0 Å². The standard InChI is InChI=1S/C14H8BrCl2FO/c15-11-5-9(2-4-12(11)16)14(19)6-8-1-3-10(18)7-13(8)17/h1-5,7H,6H2. The van der Waals surface area contributed by atoms with Crippen LogP contribution in [0.15, 0.2) is 40.9 Å². The molecule has 0 aliphatic rings. The molecule has 0 aromatic heterocycles. The van der Waals surface area contributed by atoms with Crippen molar-refractivity contribution in [1.82, 2.24) is 0 Å². The van der Waals surface area contributed by atoms with Crippen LogP contribution in [-0.2, 0) is 6.42 Å². The predicted octanol–water partition coefficient (Wildman–Crippen LogP) is 5.32. The number of halogens is 4. The maximum absolute atomic E-state index is 12.9. The quantitative estimate of drug-likeness (QED) is 0.676. The minimum Gasteiger partial charge on any atom is -0.294 e. The smallest absolute Gasteiger partial charge is 0.167 e. The molecule has 98 valence electrons. The Bertz CT molecular complexity index is 643. The molecule has 2 rings (SSSR count). The van der Waals surface area contributed by atoms with Crippen molar-refractivity contribution in [2.24, 2.45) is 0 Å². The molecule has 0 bridgehead atoms. The summed E-state index contributed by atoms with van der Waals surface area (Å²) in [5.74, 6) is -0.527. The summed E-state index contributed by atoms with van der Waals surface area (Å²) in [5, 5.41) is 0.790. The molecule has 0 spiro atoms. The number of ketones is 1. The molecule has 0 fully saturated rings. The maximum Gasteiger partial charge on any atom is 0.167 e. The van der Waals surface area contributed by atoms with Crippen LogP contribution in [-0.4, -0.2) is 5.78 Å². The Labute approximate surface area is 128 Å². The van der Waals surface area contributed by atoms with Gasteiger partial charge in [0.2, 0.25) is 0 Å². The van der Waals surface area contributed by atoms with Crippen LogP contribution in [0.1, 0.15) is 15.9 Å². The topological polar surface area (TPSA) is 17.1 Å². The van der Waals surface area contributed by atoms with E-state index in [4.69, 9.17) is 23.2 Å². The highest BCUT2D eigenvalue weighted by Crippen LogP contribution is 2.25. The zero-order chi connectivity index (χ0) is 14.0. The zero-order valence-corrected chi connectivity index (χ0v) is 12.7. The van der Waals surface area contributed by atoms with Crippen LogP contribution in [0.2, 0.25) is 10.0 Å². The van der Waals surface area contributed by atoms with Gasteiger partial charge in [-0.05, 0) is 51.8 Å². The summed E-state index contributed by atoms with van der Waals surface area (Å²) in [6.07, 6.45) is 0.118. The van der Waals surface area contributed by atoms with Crippen LogP contribution < -0.4 is 0 Å². The third-order valence-electron chi connectivity index (χ3n) is 2.61. The molecule has 0 aliphatic carbocycles. The lowest BCUT2D eigenvalue weighted by Crippen LogP contribution is -2.04. The van der Waals surface area contributed by atoms with Gasteiger partial charge in [-0.1, -0.05) is 29.3 Å². The summed E-state index contributed by atoms with van der Waals surface area (Å²) >= 11 is 15.0. The highest BCUT2D eigenvalue weighted by Gasteiger charge is 2.11. The van der Waals surface area contributed by atoms with E-state index in [0.717, 1.165) is 0 Å². The Balaban J connectivity index is 2.23. The average molecular weight is 362 g/mol. The first-order valence-corrected chi connectivity index (χ1v) is 6.94. The van der Waals surface area contributed by atoms with E-state index < -0.39 is 5.82 Å². The summed E-state index contributed by atoms with van der Waals surface area (Å²) in [4.78, 5) is 12.1. The second kappa shape index (κ2) is 6.04. The Kier molecular flexibility index (Phi) is 4.61. The maximum atomic E-state index is 12.9. The molecule has 0 saturated heterocycles. The van der Waals surface area contributed by atoms with Crippen LogP contribution in [0.25, 0.3) is 0 Å². The van der Waals surface area contributed by atoms with E-state index in [2.05, 4.69) is 15.9 Å². The summed E-state index contributed by atoms with van der Waals surface area (Å²) in [7, 11) is 0. The molecule has 0 unspecified atom stereocenters. The first kappa shape index (κ1) is 14.5. The lowest BCUT2D eigenvalue weighted by atomic mass is 10.0. The molecule has 0 atom stereocenters. The van der Waals surface area contributed by atoms with Crippen molar-refractivity contribution in [1.29, 1.82) is 0 Å². The molecule has 5 heteroatoms. The molecule has 0 radical (unpaired) electrons. The molecule has 0 amide bonds. The molecule has 0 N–H and O–H groups in total. The minimum absolute atomic E-state index is 0.106. The number of carbonyl (C=O) groups is 1. The predicted molar refractivity (Wildman–Crippen MR) is 78.6 cm³/mol. The highest BCUT2D eigenvalue weighted by atomic mass is 79.9. The van der Waals surface area contributed by atoms with E-state index in [9.17, 15) is 9.18 Å². The monoisotopic (exact) mass is 360 g/mol. The van der Waals surface area contributed by atoms with Crippen molar-refractivity contribution >= 4 is 44.9 Å². The van der Waals surface area contributed by atoms with Gasteiger partial charge in [-0.15, -0.1) is 0 Å². The van der Waals surface area contributed by atoms with Gasteiger partial charge in [0.05, 0.1) is 5.02 Å². The van der Waals surface area contributed by atoms with Crippen LogP contribution in [0.4, 0.5) is 4.39 Å². The molecular formula is C14H8BrCl2FO. The second-order valence-electron chi connectivity index (χ2n) is 3.96. The Morgan fingerprint density at radius 2 is 1.84 bits per heavy atom. The van der Waals surface area contributed by atoms with Gasteiger partial charge < -0.3 is 0 Å². The van der Waals surface area contributed by atoms with E-state index in [1.807, 2.05) is 0 Å². The molecule has 19 heavy (non-hydrogen) atoms. The number of carbonyl (C=O) groups excluding carboxylic acids is 1. The molecule has 1 nitrogen and oxygen atoms in total. The van der Waals surface area contributed by atoms with Crippen molar-refractivity contribution in [3.63, 3.8) is 0 Å². The summed E-state index contributed by atoms with van der Waals surface area (Å²) in [5.41, 5.74) is 1.12. The summed E-state index contributed by atoms with van der Waals surface area (Å²) in [6, 6.07) is 8.94. The number of rotatable bonds is 3. The third kappa shape index (κ3) is 3.56. The van der Waals surface area contributed by atoms with Gasteiger partial charge in [0.15, 0.2) is 5.78 Å². The van der Waals surface area contributed by atoms with Crippen molar-refractivity contribution in [3.8, 4) is 0 Å². The van der Waals surface area contributed by atoms with Crippen LogP contribution in [0.3, 0.4) is 0 Å². The van der Waals surface area contributed by atoms with E-state index in [1.165, 1.54) is 18.2 Å². The molecule has 0 aliphatic heterocycles. The lowest BCUT2D eigenvalue weighted by Gasteiger charge is -2.05. The van der Waals surface area contributed by atoms with E-state index in [0.29, 0.717) is 20.6 Å². The second-order valence-corrected chi connectivity index (χ2v) is 5.63. The molecule has 0 saturated carbocycles.